The maximum atomic E-state index is 9.71. The van der Waals surface area contributed by atoms with Crippen LogP contribution in [0.15, 0.2) is 0 Å². The first kappa shape index (κ1) is 16.9. The van der Waals surface area contributed by atoms with Crippen LogP contribution in [0.4, 0.5) is 0 Å². The van der Waals surface area contributed by atoms with E-state index in [0.29, 0.717) is 25.0 Å². The van der Waals surface area contributed by atoms with E-state index in [0.717, 1.165) is 19.4 Å². The lowest BCUT2D eigenvalue weighted by Crippen LogP contribution is -2.32. The number of aliphatic hydroxyl groups is 1. The highest BCUT2D eigenvalue weighted by molar-refractivity contribution is 4.61. The summed E-state index contributed by atoms with van der Waals surface area (Å²) in [6.07, 6.45) is 2.04. The molecule has 0 aromatic heterocycles. The van der Waals surface area contributed by atoms with Gasteiger partial charge in [-0.15, -0.1) is 0 Å². The third kappa shape index (κ3) is 12.1. The van der Waals surface area contributed by atoms with Crippen molar-refractivity contribution in [3.05, 3.63) is 0 Å². The van der Waals surface area contributed by atoms with E-state index in [1.807, 2.05) is 0 Å². The first-order valence-corrected chi connectivity index (χ1v) is 6.92. The second-order valence-electron chi connectivity index (χ2n) is 5.81. The van der Waals surface area contributed by atoms with Crippen molar-refractivity contribution in [2.75, 3.05) is 19.7 Å². The van der Waals surface area contributed by atoms with Crippen LogP contribution in [0.3, 0.4) is 0 Å². The highest BCUT2D eigenvalue weighted by Gasteiger charge is 2.09. The summed E-state index contributed by atoms with van der Waals surface area (Å²) >= 11 is 0. The minimum Gasteiger partial charge on any atom is -0.389 e. The van der Waals surface area contributed by atoms with Crippen molar-refractivity contribution in [3.8, 4) is 0 Å². The lowest BCUT2D eigenvalue weighted by molar-refractivity contribution is -0.00847. The first-order valence-electron chi connectivity index (χ1n) is 6.92. The van der Waals surface area contributed by atoms with Crippen LogP contribution in [0, 0.1) is 11.8 Å². The lowest BCUT2D eigenvalue weighted by atomic mass is 10.1. The summed E-state index contributed by atoms with van der Waals surface area (Å²) in [7, 11) is 0. The van der Waals surface area contributed by atoms with Gasteiger partial charge in [0.15, 0.2) is 0 Å². The standard InChI is InChI=1S/C14H31NO2/c1-11(2)6-7-15-9-14(16)10-17-13(5)8-12(3)4/h11-16H,6-10H2,1-5H3. The van der Waals surface area contributed by atoms with Gasteiger partial charge in [-0.1, -0.05) is 27.7 Å². The third-order valence-electron chi connectivity index (χ3n) is 2.65. The second-order valence-corrected chi connectivity index (χ2v) is 5.81. The van der Waals surface area contributed by atoms with Gasteiger partial charge in [-0.25, -0.2) is 0 Å². The molecule has 0 saturated carbocycles. The van der Waals surface area contributed by atoms with E-state index < -0.39 is 6.10 Å². The average molecular weight is 245 g/mol. The van der Waals surface area contributed by atoms with Crippen molar-refractivity contribution in [2.24, 2.45) is 11.8 Å². The van der Waals surface area contributed by atoms with Gasteiger partial charge in [0.2, 0.25) is 0 Å². The van der Waals surface area contributed by atoms with E-state index in [1.165, 1.54) is 0 Å². The zero-order valence-corrected chi connectivity index (χ0v) is 12.2. The topological polar surface area (TPSA) is 41.5 Å². The predicted molar refractivity (Wildman–Crippen MR) is 73.2 cm³/mol. The third-order valence-corrected chi connectivity index (χ3v) is 2.65. The highest BCUT2D eigenvalue weighted by Crippen LogP contribution is 2.07. The Morgan fingerprint density at radius 2 is 1.71 bits per heavy atom. The Bertz CT molecular complexity index is 172. The predicted octanol–water partition coefficient (Wildman–Crippen LogP) is 2.43. The Balaban J connectivity index is 3.42. The van der Waals surface area contributed by atoms with Crippen LogP contribution in [-0.4, -0.2) is 37.0 Å². The van der Waals surface area contributed by atoms with Crippen molar-refractivity contribution in [3.63, 3.8) is 0 Å². The van der Waals surface area contributed by atoms with Gasteiger partial charge >= 0.3 is 0 Å². The molecule has 0 aromatic rings. The molecule has 0 aliphatic heterocycles. The number of rotatable bonds is 10. The van der Waals surface area contributed by atoms with Crippen molar-refractivity contribution in [2.45, 2.75) is 59.7 Å². The number of nitrogens with one attached hydrogen (secondary N) is 1. The van der Waals surface area contributed by atoms with Crippen LogP contribution in [0.1, 0.15) is 47.5 Å². The molecule has 2 N–H and O–H groups in total. The molecule has 0 heterocycles. The molecule has 0 aliphatic rings. The molecule has 2 atom stereocenters. The maximum absolute atomic E-state index is 9.71. The normalized spacial score (nSPS) is 15.5. The van der Waals surface area contributed by atoms with E-state index in [1.54, 1.807) is 0 Å². The number of aliphatic hydroxyl groups excluding tert-OH is 1. The number of ether oxygens (including phenoxy) is 1. The summed E-state index contributed by atoms with van der Waals surface area (Å²) in [5.41, 5.74) is 0. The minimum atomic E-state index is -0.392. The second kappa shape index (κ2) is 9.86. The van der Waals surface area contributed by atoms with Gasteiger partial charge in [0, 0.05) is 6.54 Å². The fraction of sp³-hybridized carbons (Fsp3) is 1.00. The molecule has 3 heteroatoms. The Kier molecular flexibility index (Phi) is 9.79. The summed E-state index contributed by atoms with van der Waals surface area (Å²) in [6.45, 7) is 12.9. The van der Waals surface area contributed by atoms with Crippen LogP contribution < -0.4 is 5.32 Å². The number of hydrogen-bond donors (Lipinski definition) is 2. The van der Waals surface area contributed by atoms with E-state index in [-0.39, 0.29) is 6.10 Å². The van der Waals surface area contributed by atoms with Crippen LogP contribution >= 0.6 is 0 Å². The maximum Gasteiger partial charge on any atom is 0.0897 e. The van der Waals surface area contributed by atoms with E-state index in [2.05, 4.69) is 39.9 Å². The molecule has 2 unspecified atom stereocenters. The van der Waals surface area contributed by atoms with E-state index in [4.69, 9.17) is 4.74 Å². The van der Waals surface area contributed by atoms with Crippen LogP contribution in [0.5, 0.6) is 0 Å². The Morgan fingerprint density at radius 3 is 2.24 bits per heavy atom. The molecule has 104 valence electrons. The smallest absolute Gasteiger partial charge is 0.0897 e. The summed E-state index contributed by atoms with van der Waals surface area (Å²) in [5.74, 6) is 1.35. The molecule has 0 saturated heterocycles. The van der Waals surface area contributed by atoms with Gasteiger partial charge < -0.3 is 15.2 Å². The van der Waals surface area contributed by atoms with Crippen molar-refractivity contribution in [1.29, 1.82) is 0 Å². The molecule has 0 aromatic carbocycles. The van der Waals surface area contributed by atoms with Crippen molar-refractivity contribution in [1.82, 2.24) is 5.32 Å². The number of hydrogen-bond acceptors (Lipinski definition) is 3. The van der Waals surface area contributed by atoms with E-state index >= 15 is 0 Å². The van der Waals surface area contributed by atoms with Gasteiger partial charge in [-0.05, 0) is 38.1 Å². The van der Waals surface area contributed by atoms with Crippen LogP contribution in [-0.2, 0) is 4.74 Å². The van der Waals surface area contributed by atoms with Gasteiger partial charge in [0.25, 0.3) is 0 Å². The molecule has 0 amide bonds. The zero-order valence-electron chi connectivity index (χ0n) is 12.2. The summed E-state index contributed by atoms with van der Waals surface area (Å²) < 4.78 is 5.60. The fourth-order valence-electron chi connectivity index (χ4n) is 1.73. The SMILES string of the molecule is CC(C)CCNCC(O)COC(C)CC(C)C. The molecule has 0 spiro atoms. The quantitative estimate of drug-likeness (QED) is 0.581. The molecule has 0 bridgehead atoms. The van der Waals surface area contributed by atoms with Gasteiger partial charge in [0.05, 0.1) is 18.8 Å². The van der Waals surface area contributed by atoms with Crippen molar-refractivity contribution >= 4 is 0 Å². The van der Waals surface area contributed by atoms with Crippen LogP contribution in [0.2, 0.25) is 0 Å². The summed E-state index contributed by atoms with van der Waals surface area (Å²) in [6, 6.07) is 0. The Morgan fingerprint density at radius 1 is 1.06 bits per heavy atom. The molecule has 3 nitrogen and oxygen atoms in total. The molecule has 0 rings (SSSR count). The molecule has 0 fully saturated rings. The zero-order chi connectivity index (χ0) is 13.3. The molecular formula is C14H31NO2. The first-order chi connectivity index (χ1) is 7.91. The van der Waals surface area contributed by atoms with Crippen LogP contribution in [0.25, 0.3) is 0 Å². The van der Waals surface area contributed by atoms with Gasteiger partial charge in [0.1, 0.15) is 0 Å². The van der Waals surface area contributed by atoms with Crippen molar-refractivity contribution < 1.29 is 9.84 Å². The lowest BCUT2D eigenvalue weighted by Gasteiger charge is -2.18. The summed E-state index contributed by atoms with van der Waals surface area (Å²) in [4.78, 5) is 0. The fourth-order valence-corrected chi connectivity index (χ4v) is 1.73. The summed E-state index contributed by atoms with van der Waals surface area (Å²) in [5, 5.41) is 13.0. The molecule has 0 aliphatic carbocycles. The van der Waals surface area contributed by atoms with Gasteiger partial charge in [-0.3, -0.25) is 0 Å². The molecule has 0 radical (unpaired) electrons. The van der Waals surface area contributed by atoms with E-state index in [9.17, 15) is 5.11 Å². The minimum absolute atomic E-state index is 0.236. The average Bonchev–Trinajstić information content (AvgIpc) is 2.20. The monoisotopic (exact) mass is 245 g/mol. The highest BCUT2D eigenvalue weighted by atomic mass is 16.5. The largest absolute Gasteiger partial charge is 0.389 e. The Hall–Kier alpha value is -0.120. The Labute approximate surface area is 107 Å². The molecular weight excluding hydrogens is 214 g/mol. The molecule has 17 heavy (non-hydrogen) atoms. The van der Waals surface area contributed by atoms with Gasteiger partial charge in [-0.2, -0.15) is 0 Å².